The van der Waals surface area contributed by atoms with Gasteiger partial charge in [0.25, 0.3) is 5.56 Å². The fraction of sp³-hybridized carbons (Fsp3) is 0.111. The van der Waals surface area contributed by atoms with Gasteiger partial charge in [-0.2, -0.15) is 0 Å². The van der Waals surface area contributed by atoms with Gasteiger partial charge < -0.3 is 9.47 Å². The number of benzene rings is 2. The Balaban J connectivity index is 2.28. The van der Waals surface area contributed by atoms with Gasteiger partial charge in [0.15, 0.2) is 0 Å². The van der Waals surface area contributed by atoms with Crippen molar-refractivity contribution < 1.29 is 14.3 Å². The molecule has 0 aliphatic heterocycles. The van der Waals surface area contributed by atoms with E-state index in [1.807, 2.05) is 0 Å². The van der Waals surface area contributed by atoms with E-state index in [9.17, 15) is 9.59 Å². The van der Waals surface area contributed by atoms with Crippen molar-refractivity contribution in [2.24, 2.45) is 0 Å². The van der Waals surface area contributed by atoms with Crippen LogP contribution in [-0.2, 0) is 4.74 Å². The fourth-order valence-corrected chi connectivity index (χ4v) is 2.97. The molecule has 0 saturated carbocycles. The molecule has 25 heavy (non-hydrogen) atoms. The number of nitrogens with zero attached hydrogens (tertiary/aromatic N) is 1. The second kappa shape index (κ2) is 7.17. The zero-order valence-corrected chi connectivity index (χ0v) is 14.7. The Morgan fingerprint density at radius 2 is 1.76 bits per heavy atom. The van der Waals surface area contributed by atoms with Gasteiger partial charge in [-0.25, -0.2) is 9.36 Å². The van der Waals surface area contributed by atoms with Crippen LogP contribution in [-0.4, -0.2) is 17.3 Å². The molecule has 0 atom stereocenters. The van der Waals surface area contributed by atoms with Crippen LogP contribution in [0.5, 0.6) is 5.88 Å². The summed E-state index contributed by atoms with van der Waals surface area (Å²) < 4.78 is 11.3. The van der Waals surface area contributed by atoms with E-state index in [4.69, 9.17) is 32.7 Å². The molecule has 0 aliphatic rings. The highest BCUT2D eigenvalue weighted by atomic mass is 35.5. The zero-order chi connectivity index (χ0) is 18.0. The number of hydrogen-bond donors (Lipinski definition) is 0. The van der Waals surface area contributed by atoms with E-state index in [0.29, 0.717) is 26.5 Å². The van der Waals surface area contributed by atoms with Crippen molar-refractivity contribution in [3.8, 4) is 11.6 Å². The minimum Gasteiger partial charge on any atom is -0.434 e. The number of aromatic nitrogens is 1. The van der Waals surface area contributed by atoms with Crippen LogP contribution in [0.15, 0.2) is 53.3 Å². The maximum Gasteiger partial charge on any atom is 0.515 e. The van der Waals surface area contributed by atoms with E-state index in [-0.39, 0.29) is 18.0 Å². The highest BCUT2D eigenvalue weighted by Gasteiger charge is 2.16. The van der Waals surface area contributed by atoms with Crippen LogP contribution in [0.25, 0.3) is 16.5 Å². The van der Waals surface area contributed by atoms with Gasteiger partial charge in [-0.05, 0) is 36.6 Å². The molecule has 1 aromatic heterocycles. The topological polar surface area (TPSA) is 57.5 Å². The van der Waals surface area contributed by atoms with Crippen molar-refractivity contribution >= 4 is 40.1 Å². The summed E-state index contributed by atoms with van der Waals surface area (Å²) in [6.45, 7) is 1.81. The summed E-state index contributed by atoms with van der Waals surface area (Å²) in [5.74, 6) is 0.0143. The highest BCUT2D eigenvalue weighted by molar-refractivity contribution is 6.34. The van der Waals surface area contributed by atoms with Gasteiger partial charge in [-0.1, -0.05) is 41.4 Å². The Labute approximate surface area is 153 Å². The van der Waals surface area contributed by atoms with Crippen molar-refractivity contribution in [3.05, 3.63) is 68.9 Å². The van der Waals surface area contributed by atoms with Crippen LogP contribution in [0.4, 0.5) is 4.79 Å². The number of rotatable bonds is 3. The lowest BCUT2D eigenvalue weighted by molar-refractivity contribution is 0.102. The molecule has 0 unspecified atom stereocenters. The minimum atomic E-state index is -0.904. The summed E-state index contributed by atoms with van der Waals surface area (Å²) in [6, 6.07) is 13.2. The molecule has 0 saturated heterocycles. The van der Waals surface area contributed by atoms with Crippen LogP contribution in [0, 0.1) is 0 Å². The Hall–Kier alpha value is -2.50. The maximum atomic E-state index is 13.0. The van der Waals surface area contributed by atoms with Crippen molar-refractivity contribution in [1.29, 1.82) is 0 Å². The molecule has 0 aliphatic carbocycles. The molecule has 0 amide bonds. The first-order valence-electron chi connectivity index (χ1n) is 7.45. The Kier molecular flexibility index (Phi) is 4.97. The summed E-state index contributed by atoms with van der Waals surface area (Å²) >= 11 is 12.1. The molecule has 0 bridgehead atoms. The molecule has 0 N–H and O–H groups in total. The van der Waals surface area contributed by atoms with Crippen LogP contribution >= 0.6 is 23.2 Å². The number of halogens is 2. The number of fused-ring (bicyclic) bond motifs is 1. The van der Waals surface area contributed by atoms with Crippen LogP contribution in [0.1, 0.15) is 6.92 Å². The molecule has 7 heteroatoms. The Morgan fingerprint density at radius 3 is 2.44 bits per heavy atom. The SMILES string of the molecule is CCOC(=O)Oc1cc2ccccc2c(=O)n1-c1cc(Cl)cc(Cl)c1. The first kappa shape index (κ1) is 17.3. The van der Waals surface area contributed by atoms with E-state index in [0.717, 1.165) is 0 Å². The van der Waals surface area contributed by atoms with E-state index < -0.39 is 6.16 Å². The van der Waals surface area contributed by atoms with Crippen molar-refractivity contribution in [1.82, 2.24) is 4.57 Å². The Bertz CT molecular complexity index is 993. The molecular weight excluding hydrogens is 365 g/mol. The highest BCUT2D eigenvalue weighted by Crippen LogP contribution is 2.26. The number of carbonyl (C=O) groups excluding carboxylic acids is 1. The molecule has 0 fully saturated rings. The van der Waals surface area contributed by atoms with Crippen molar-refractivity contribution in [2.75, 3.05) is 6.61 Å². The second-order valence-corrected chi connectivity index (χ2v) is 6.00. The molecule has 5 nitrogen and oxygen atoms in total. The first-order valence-corrected chi connectivity index (χ1v) is 8.21. The maximum absolute atomic E-state index is 13.0. The molecule has 2 aromatic carbocycles. The summed E-state index contributed by atoms with van der Waals surface area (Å²) in [5.41, 5.74) is 0.0169. The predicted molar refractivity (Wildman–Crippen MR) is 97.2 cm³/mol. The standard InChI is InChI=1S/C18H13Cl2NO4/c1-2-24-18(23)25-16-7-11-5-3-4-6-15(11)17(22)21(16)14-9-12(19)8-13(20)10-14/h3-10H,2H2,1H3. The lowest BCUT2D eigenvalue weighted by Crippen LogP contribution is -2.23. The number of ether oxygens (including phenoxy) is 2. The largest absolute Gasteiger partial charge is 0.515 e. The van der Waals surface area contributed by atoms with Crippen molar-refractivity contribution in [3.63, 3.8) is 0 Å². The first-order chi connectivity index (χ1) is 12.0. The van der Waals surface area contributed by atoms with Gasteiger partial charge in [0.05, 0.1) is 12.3 Å². The molecule has 0 radical (unpaired) electrons. The van der Waals surface area contributed by atoms with Crippen LogP contribution < -0.4 is 10.3 Å². The fourth-order valence-electron chi connectivity index (χ4n) is 2.46. The van der Waals surface area contributed by atoms with Crippen LogP contribution in [0.2, 0.25) is 10.0 Å². The molecule has 128 valence electrons. The molecule has 3 rings (SSSR count). The third-order valence-electron chi connectivity index (χ3n) is 3.45. The summed E-state index contributed by atoms with van der Waals surface area (Å²) in [6.07, 6.45) is -0.904. The molecule has 1 heterocycles. The molecular formula is C18H13Cl2NO4. The smallest absolute Gasteiger partial charge is 0.434 e. The summed E-state index contributed by atoms with van der Waals surface area (Å²) in [5, 5.41) is 1.81. The molecule has 3 aromatic rings. The number of carbonyl (C=O) groups is 1. The average molecular weight is 378 g/mol. The number of pyridine rings is 1. The van der Waals surface area contributed by atoms with Gasteiger partial charge in [0.1, 0.15) is 0 Å². The Morgan fingerprint density at radius 1 is 1.08 bits per heavy atom. The van der Waals surface area contributed by atoms with E-state index in [2.05, 4.69) is 0 Å². The molecule has 0 spiro atoms. The monoisotopic (exact) mass is 377 g/mol. The second-order valence-electron chi connectivity index (χ2n) is 5.12. The van der Waals surface area contributed by atoms with Gasteiger partial charge in [0, 0.05) is 21.5 Å². The van der Waals surface area contributed by atoms with E-state index in [1.54, 1.807) is 55.5 Å². The third kappa shape index (κ3) is 3.62. The zero-order valence-electron chi connectivity index (χ0n) is 13.2. The lowest BCUT2D eigenvalue weighted by Gasteiger charge is -2.14. The van der Waals surface area contributed by atoms with Gasteiger partial charge in [0.2, 0.25) is 5.88 Å². The lowest BCUT2D eigenvalue weighted by atomic mass is 10.1. The van der Waals surface area contributed by atoms with Crippen LogP contribution in [0.3, 0.4) is 0 Å². The van der Waals surface area contributed by atoms with Gasteiger partial charge in [-0.15, -0.1) is 0 Å². The van der Waals surface area contributed by atoms with Gasteiger partial charge in [-0.3, -0.25) is 4.79 Å². The van der Waals surface area contributed by atoms with E-state index >= 15 is 0 Å². The van der Waals surface area contributed by atoms with E-state index in [1.165, 1.54) is 4.57 Å². The summed E-state index contributed by atoms with van der Waals surface area (Å²) in [4.78, 5) is 24.7. The minimum absolute atomic E-state index is 0.0143. The normalized spacial score (nSPS) is 10.7. The van der Waals surface area contributed by atoms with Crippen molar-refractivity contribution in [2.45, 2.75) is 6.92 Å². The predicted octanol–water partition coefficient (Wildman–Crippen LogP) is 4.83. The average Bonchev–Trinajstić information content (AvgIpc) is 2.54. The number of hydrogen-bond acceptors (Lipinski definition) is 4. The summed E-state index contributed by atoms with van der Waals surface area (Å²) in [7, 11) is 0. The third-order valence-corrected chi connectivity index (χ3v) is 3.89. The quantitative estimate of drug-likeness (QED) is 0.613. The van der Waals surface area contributed by atoms with Gasteiger partial charge >= 0.3 is 6.16 Å².